The van der Waals surface area contributed by atoms with Crippen LogP contribution in [-0.2, 0) is 9.53 Å². The third-order valence-corrected chi connectivity index (χ3v) is 5.39. The lowest BCUT2D eigenvalue weighted by Gasteiger charge is -2.27. The number of nitrogens with zero attached hydrogens (tertiary/aromatic N) is 5. The third kappa shape index (κ3) is 4.15. The van der Waals surface area contributed by atoms with E-state index in [1.165, 1.54) is 0 Å². The van der Waals surface area contributed by atoms with E-state index in [1.54, 1.807) is 11.1 Å². The zero-order chi connectivity index (χ0) is 21.9. The van der Waals surface area contributed by atoms with Gasteiger partial charge in [-0.05, 0) is 37.3 Å². The molecule has 32 heavy (non-hydrogen) atoms. The highest BCUT2D eigenvalue weighted by Crippen LogP contribution is 2.29. The molecule has 1 amide bonds. The molecule has 1 saturated heterocycles. The molecule has 0 saturated carbocycles. The van der Waals surface area contributed by atoms with Gasteiger partial charge in [0.05, 0.1) is 54.1 Å². The SMILES string of the molecule is Cc1cccc(-c2n[nH]cc2-c2ccc3ncc(NCC(=O)N4CCOCC4)cc3n2)n1. The maximum Gasteiger partial charge on any atom is 0.242 e. The summed E-state index contributed by atoms with van der Waals surface area (Å²) in [4.78, 5) is 28.1. The monoisotopic (exact) mass is 429 g/mol. The van der Waals surface area contributed by atoms with E-state index in [9.17, 15) is 4.79 Å². The molecule has 4 aromatic rings. The van der Waals surface area contributed by atoms with Crippen molar-refractivity contribution in [1.82, 2.24) is 30.0 Å². The number of carbonyl (C=O) groups is 1. The molecule has 0 unspecified atom stereocenters. The molecule has 0 radical (unpaired) electrons. The van der Waals surface area contributed by atoms with Crippen molar-refractivity contribution >= 4 is 22.6 Å². The van der Waals surface area contributed by atoms with Crippen LogP contribution in [0.2, 0.25) is 0 Å². The fraction of sp³-hybridized carbons (Fsp3) is 0.261. The van der Waals surface area contributed by atoms with Gasteiger partial charge in [-0.25, -0.2) is 4.98 Å². The van der Waals surface area contributed by atoms with E-state index in [4.69, 9.17) is 9.72 Å². The van der Waals surface area contributed by atoms with Crippen molar-refractivity contribution < 1.29 is 9.53 Å². The summed E-state index contributed by atoms with van der Waals surface area (Å²) in [5, 5.41) is 10.5. The van der Waals surface area contributed by atoms with Crippen LogP contribution in [0.1, 0.15) is 5.69 Å². The van der Waals surface area contributed by atoms with Crippen LogP contribution in [0.5, 0.6) is 0 Å². The summed E-state index contributed by atoms with van der Waals surface area (Å²) >= 11 is 0. The van der Waals surface area contributed by atoms with E-state index in [1.807, 2.05) is 49.5 Å². The Morgan fingerprint density at radius 2 is 2.00 bits per heavy atom. The van der Waals surface area contributed by atoms with Crippen molar-refractivity contribution in [3.05, 3.63) is 54.5 Å². The molecule has 1 aliphatic rings. The molecule has 5 rings (SSSR count). The number of nitrogens with one attached hydrogen (secondary N) is 2. The highest BCUT2D eigenvalue weighted by molar-refractivity contribution is 5.85. The number of aromatic nitrogens is 5. The first-order valence-corrected chi connectivity index (χ1v) is 10.5. The molecule has 162 valence electrons. The second kappa shape index (κ2) is 8.72. The van der Waals surface area contributed by atoms with Crippen LogP contribution < -0.4 is 5.32 Å². The van der Waals surface area contributed by atoms with Crippen molar-refractivity contribution in [2.75, 3.05) is 38.2 Å². The van der Waals surface area contributed by atoms with Gasteiger partial charge in [-0.2, -0.15) is 5.10 Å². The summed E-state index contributed by atoms with van der Waals surface area (Å²) in [5.41, 5.74) is 6.36. The lowest BCUT2D eigenvalue weighted by molar-refractivity contribution is -0.133. The number of fused-ring (bicyclic) bond motifs is 1. The summed E-state index contributed by atoms with van der Waals surface area (Å²) in [6.07, 6.45) is 3.54. The predicted molar refractivity (Wildman–Crippen MR) is 121 cm³/mol. The number of H-pyrrole nitrogens is 1. The molecule has 0 spiro atoms. The lowest BCUT2D eigenvalue weighted by Crippen LogP contribution is -2.43. The van der Waals surface area contributed by atoms with Gasteiger partial charge in [-0.15, -0.1) is 0 Å². The molecule has 9 heteroatoms. The first-order valence-electron chi connectivity index (χ1n) is 10.5. The Morgan fingerprint density at radius 3 is 2.84 bits per heavy atom. The smallest absolute Gasteiger partial charge is 0.242 e. The molecule has 9 nitrogen and oxygen atoms in total. The molecule has 0 bridgehead atoms. The molecular weight excluding hydrogens is 406 g/mol. The molecule has 0 atom stereocenters. The molecule has 1 fully saturated rings. The highest BCUT2D eigenvalue weighted by atomic mass is 16.5. The summed E-state index contributed by atoms with van der Waals surface area (Å²) in [6, 6.07) is 11.6. The minimum absolute atomic E-state index is 0.0452. The normalized spacial score (nSPS) is 14.0. The summed E-state index contributed by atoms with van der Waals surface area (Å²) in [7, 11) is 0. The number of carbonyl (C=O) groups excluding carboxylic acids is 1. The third-order valence-electron chi connectivity index (χ3n) is 5.39. The Balaban J connectivity index is 1.39. The van der Waals surface area contributed by atoms with E-state index < -0.39 is 0 Å². The first-order chi connectivity index (χ1) is 15.7. The number of hydrogen-bond acceptors (Lipinski definition) is 7. The average Bonchev–Trinajstić information content (AvgIpc) is 3.33. The van der Waals surface area contributed by atoms with Crippen LogP contribution in [0, 0.1) is 6.92 Å². The quantitative estimate of drug-likeness (QED) is 0.502. The van der Waals surface area contributed by atoms with Gasteiger partial charge in [0.1, 0.15) is 5.69 Å². The fourth-order valence-corrected chi connectivity index (χ4v) is 3.71. The second-order valence-electron chi connectivity index (χ2n) is 7.62. The van der Waals surface area contributed by atoms with Crippen LogP contribution in [0.25, 0.3) is 33.7 Å². The van der Waals surface area contributed by atoms with Gasteiger partial charge in [0, 0.05) is 30.5 Å². The zero-order valence-corrected chi connectivity index (χ0v) is 17.7. The average molecular weight is 429 g/mol. The molecule has 5 heterocycles. The van der Waals surface area contributed by atoms with E-state index in [2.05, 4.69) is 25.5 Å². The fourth-order valence-electron chi connectivity index (χ4n) is 3.71. The molecule has 4 aromatic heterocycles. The minimum atomic E-state index is 0.0452. The van der Waals surface area contributed by atoms with Crippen molar-refractivity contribution in [3.8, 4) is 22.6 Å². The van der Waals surface area contributed by atoms with E-state index in [-0.39, 0.29) is 12.5 Å². The molecule has 1 aliphatic heterocycles. The number of ether oxygens (including phenoxy) is 1. The lowest BCUT2D eigenvalue weighted by atomic mass is 10.1. The predicted octanol–water partition coefficient (Wildman–Crippen LogP) is 2.66. The number of aryl methyl sites for hydroxylation is 1. The van der Waals surface area contributed by atoms with Crippen molar-refractivity contribution in [2.45, 2.75) is 6.92 Å². The van der Waals surface area contributed by atoms with Gasteiger partial charge in [-0.1, -0.05) is 6.07 Å². The van der Waals surface area contributed by atoms with Crippen molar-refractivity contribution in [1.29, 1.82) is 0 Å². The van der Waals surface area contributed by atoms with Gasteiger partial charge in [-0.3, -0.25) is 19.9 Å². The summed E-state index contributed by atoms with van der Waals surface area (Å²) in [6.45, 7) is 4.59. The van der Waals surface area contributed by atoms with E-state index in [0.717, 1.165) is 45.1 Å². The Morgan fingerprint density at radius 1 is 1.12 bits per heavy atom. The summed E-state index contributed by atoms with van der Waals surface area (Å²) in [5.74, 6) is 0.0452. The topological polar surface area (TPSA) is 109 Å². The molecule has 0 aliphatic carbocycles. The summed E-state index contributed by atoms with van der Waals surface area (Å²) < 4.78 is 5.30. The van der Waals surface area contributed by atoms with Crippen LogP contribution in [0.3, 0.4) is 0 Å². The van der Waals surface area contributed by atoms with Gasteiger partial charge in [0.25, 0.3) is 0 Å². The van der Waals surface area contributed by atoms with E-state index in [0.29, 0.717) is 26.3 Å². The van der Waals surface area contributed by atoms with Gasteiger partial charge < -0.3 is 15.0 Å². The largest absolute Gasteiger partial charge is 0.378 e. The number of rotatable bonds is 5. The van der Waals surface area contributed by atoms with Crippen LogP contribution in [0.15, 0.2) is 48.8 Å². The van der Waals surface area contributed by atoms with Crippen LogP contribution in [0.4, 0.5) is 5.69 Å². The number of morpholine rings is 1. The molecule has 2 N–H and O–H groups in total. The number of anilines is 1. The maximum atomic E-state index is 12.4. The Kier molecular flexibility index (Phi) is 5.47. The minimum Gasteiger partial charge on any atom is -0.378 e. The Labute approximate surface area is 184 Å². The van der Waals surface area contributed by atoms with Crippen LogP contribution in [-0.4, -0.2) is 68.8 Å². The number of amides is 1. The number of hydrogen-bond donors (Lipinski definition) is 2. The second-order valence-corrected chi connectivity index (χ2v) is 7.62. The standard InChI is InChI=1S/C23H23N7O2/c1-15-3-2-4-20(27-15)23-17(13-26-29-23)18-5-6-19-21(28-18)11-16(12-25-19)24-14-22(31)30-7-9-32-10-8-30/h2-6,11-13,24H,7-10,14H2,1H3,(H,26,29). The molecule has 0 aromatic carbocycles. The number of aromatic amines is 1. The van der Waals surface area contributed by atoms with Crippen LogP contribution >= 0.6 is 0 Å². The van der Waals surface area contributed by atoms with Crippen molar-refractivity contribution in [2.24, 2.45) is 0 Å². The molecular formula is C23H23N7O2. The van der Waals surface area contributed by atoms with Gasteiger partial charge in [0.2, 0.25) is 5.91 Å². The number of pyridine rings is 3. The van der Waals surface area contributed by atoms with Gasteiger partial charge in [0.15, 0.2) is 0 Å². The highest BCUT2D eigenvalue weighted by Gasteiger charge is 2.17. The van der Waals surface area contributed by atoms with Gasteiger partial charge >= 0.3 is 0 Å². The van der Waals surface area contributed by atoms with Crippen molar-refractivity contribution in [3.63, 3.8) is 0 Å². The Bertz CT molecular complexity index is 1260. The maximum absolute atomic E-state index is 12.4. The first kappa shape index (κ1) is 20.1. The zero-order valence-electron chi connectivity index (χ0n) is 17.7. The Hall–Kier alpha value is -3.85. The van der Waals surface area contributed by atoms with E-state index >= 15 is 0 Å².